The monoisotopic (exact) mass is 327 g/mol. The lowest BCUT2D eigenvalue weighted by atomic mass is 10.1. The number of unbranched alkanes of at least 4 members (excludes halogenated alkanes) is 2. The summed E-state index contributed by atoms with van der Waals surface area (Å²) in [5.74, 6) is 0. The molecule has 22 heavy (non-hydrogen) atoms. The van der Waals surface area contributed by atoms with Gasteiger partial charge in [0.2, 0.25) is 0 Å². The van der Waals surface area contributed by atoms with Gasteiger partial charge in [0.05, 0.1) is 0 Å². The zero-order chi connectivity index (χ0) is 17.2. The van der Waals surface area contributed by atoms with E-state index in [0.29, 0.717) is 16.6 Å². The Bertz CT molecular complexity index is 287. The van der Waals surface area contributed by atoms with E-state index in [-0.39, 0.29) is 6.61 Å². The molecule has 0 amide bonds. The summed E-state index contributed by atoms with van der Waals surface area (Å²) < 4.78 is 6.56. The number of hydrogen-bond acceptors (Lipinski definition) is 2. The first-order chi connectivity index (χ1) is 10.3. The molecule has 3 heteroatoms. The van der Waals surface area contributed by atoms with E-state index in [1.807, 2.05) is 0 Å². The molecule has 0 aliphatic rings. The van der Waals surface area contributed by atoms with Crippen LogP contribution in [0.25, 0.3) is 0 Å². The molecule has 0 rings (SSSR count). The molecule has 0 bridgehead atoms. The van der Waals surface area contributed by atoms with Gasteiger partial charge in [-0.15, -0.1) is 6.61 Å². The maximum atomic E-state index is 10.5. The third-order valence-electron chi connectivity index (χ3n) is 4.87. The second kappa shape index (κ2) is 11.4. The minimum Gasteiger partial charge on any atom is -0.854 e. The summed E-state index contributed by atoms with van der Waals surface area (Å²) >= 11 is 0. The molecule has 0 atom stereocenters. The van der Waals surface area contributed by atoms with Gasteiger partial charge in [-0.3, -0.25) is 0 Å². The Kier molecular flexibility index (Phi) is 11.4. The number of rotatable bonds is 12. The molecule has 0 aromatic carbocycles. The van der Waals surface area contributed by atoms with Crippen molar-refractivity contribution in [2.75, 3.05) is 13.2 Å². The average molecular weight is 328 g/mol. The Hall–Kier alpha value is -0.123. The smallest absolute Gasteiger partial charge is 0.200 e. The fraction of sp³-hybridized carbons (Fsp3) is 0.895. The summed E-state index contributed by atoms with van der Waals surface area (Å²) in [4.78, 5) is 0. The first-order valence-electron chi connectivity index (χ1n) is 9.16. The van der Waals surface area contributed by atoms with Crippen LogP contribution in [-0.2, 0) is 4.43 Å². The third-order valence-corrected chi connectivity index (χ3v) is 11.0. The molecule has 2 nitrogen and oxygen atoms in total. The topological polar surface area (TPSA) is 32.3 Å². The predicted octanol–water partition coefficient (Wildman–Crippen LogP) is 5.44. The van der Waals surface area contributed by atoms with E-state index in [0.717, 1.165) is 32.3 Å². The Morgan fingerprint density at radius 3 is 1.95 bits per heavy atom. The van der Waals surface area contributed by atoms with Crippen molar-refractivity contribution in [1.82, 2.24) is 0 Å². The standard InChI is InChI=1S/C19H39O2Si/c1-16(2)22(17(3)4,18(5)6)21-15-10-8-9-12-19(7)13-11-14-20/h12,16-18H,8-11,13-15H2,1-7H3/q-1/b19-12+. The van der Waals surface area contributed by atoms with Crippen molar-refractivity contribution >= 4 is 8.32 Å². The summed E-state index contributed by atoms with van der Waals surface area (Å²) in [6.45, 7) is 17.1. The first kappa shape index (κ1) is 21.9. The van der Waals surface area contributed by atoms with Crippen LogP contribution in [0.1, 0.15) is 80.6 Å². The minimum atomic E-state index is -1.68. The van der Waals surface area contributed by atoms with E-state index in [9.17, 15) is 5.11 Å². The molecule has 132 valence electrons. The van der Waals surface area contributed by atoms with Gasteiger partial charge in [-0.05, 0) is 49.2 Å². The van der Waals surface area contributed by atoms with Crippen LogP contribution in [0.2, 0.25) is 16.6 Å². The molecule has 0 aromatic heterocycles. The largest absolute Gasteiger partial charge is 0.854 e. The Morgan fingerprint density at radius 2 is 1.50 bits per heavy atom. The van der Waals surface area contributed by atoms with Gasteiger partial charge in [-0.1, -0.05) is 59.6 Å². The molecule has 0 saturated heterocycles. The highest BCUT2D eigenvalue weighted by atomic mass is 28.4. The molecule has 0 aliphatic carbocycles. The quantitative estimate of drug-likeness (QED) is 0.272. The van der Waals surface area contributed by atoms with Gasteiger partial charge < -0.3 is 9.53 Å². The van der Waals surface area contributed by atoms with Crippen molar-refractivity contribution in [3.05, 3.63) is 11.6 Å². The van der Waals surface area contributed by atoms with Crippen LogP contribution in [0.15, 0.2) is 11.6 Å². The molecule has 0 N–H and O–H groups in total. The van der Waals surface area contributed by atoms with E-state index in [2.05, 4.69) is 54.5 Å². The van der Waals surface area contributed by atoms with Gasteiger partial charge in [0, 0.05) is 6.61 Å². The van der Waals surface area contributed by atoms with Crippen LogP contribution < -0.4 is 5.11 Å². The molecule has 0 fully saturated rings. The summed E-state index contributed by atoms with van der Waals surface area (Å²) in [7, 11) is -1.68. The lowest BCUT2D eigenvalue weighted by Crippen LogP contribution is -2.47. The maximum absolute atomic E-state index is 10.5. The summed E-state index contributed by atoms with van der Waals surface area (Å²) in [5.41, 5.74) is 3.37. The highest BCUT2D eigenvalue weighted by Gasteiger charge is 2.44. The fourth-order valence-electron chi connectivity index (χ4n) is 3.80. The van der Waals surface area contributed by atoms with Gasteiger partial charge in [-0.25, -0.2) is 0 Å². The van der Waals surface area contributed by atoms with Crippen molar-refractivity contribution in [3.63, 3.8) is 0 Å². The van der Waals surface area contributed by atoms with Crippen LogP contribution in [0.3, 0.4) is 0 Å². The van der Waals surface area contributed by atoms with Gasteiger partial charge in [0.15, 0.2) is 8.32 Å². The number of hydrogen-bond donors (Lipinski definition) is 0. The van der Waals surface area contributed by atoms with Crippen LogP contribution in [0.4, 0.5) is 0 Å². The zero-order valence-corrected chi connectivity index (χ0v) is 17.1. The van der Waals surface area contributed by atoms with E-state index in [1.54, 1.807) is 0 Å². The van der Waals surface area contributed by atoms with Crippen molar-refractivity contribution in [1.29, 1.82) is 0 Å². The van der Waals surface area contributed by atoms with Crippen molar-refractivity contribution in [3.8, 4) is 0 Å². The molecule has 0 aromatic rings. The van der Waals surface area contributed by atoms with Crippen LogP contribution >= 0.6 is 0 Å². The lowest BCUT2D eigenvalue weighted by Gasteiger charge is -2.42. The van der Waals surface area contributed by atoms with Crippen LogP contribution in [0.5, 0.6) is 0 Å². The number of allylic oxidation sites excluding steroid dienone is 2. The molecule has 0 aliphatic heterocycles. The molecule has 0 unspecified atom stereocenters. The second-order valence-electron chi connectivity index (χ2n) is 7.52. The van der Waals surface area contributed by atoms with Crippen LogP contribution in [-0.4, -0.2) is 21.5 Å². The van der Waals surface area contributed by atoms with Gasteiger partial charge in [0.1, 0.15) is 0 Å². The Labute approximate surface area is 140 Å². The lowest BCUT2D eigenvalue weighted by molar-refractivity contribution is -0.368. The van der Waals surface area contributed by atoms with Crippen molar-refractivity contribution in [2.45, 2.75) is 97.2 Å². The molecule has 0 saturated carbocycles. The van der Waals surface area contributed by atoms with Crippen molar-refractivity contribution < 1.29 is 9.53 Å². The predicted molar refractivity (Wildman–Crippen MR) is 98.7 cm³/mol. The third kappa shape index (κ3) is 6.97. The summed E-state index contributed by atoms with van der Waals surface area (Å²) in [6.07, 6.45) is 7.49. The Morgan fingerprint density at radius 1 is 0.955 bits per heavy atom. The molecule has 0 spiro atoms. The van der Waals surface area contributed by atoms with E-state index >= 15 is 0 Å². The maximum Gasteiger partial charge on any atom is 0.200 e. The zero-order valence-electron chi connectivity index (χ0n) is 16.1. The van der Waals surface area contributed by atoms with Gasteiger partial charge >= 0.3 is 0 Å². The molecular formula is C19H39O2Si-. The fourth-order valence-corrected chi connectivity index (χ4v) is 9.29. The average Bonchev–Trinajstić information content (AvgIpc) is 2.42. The van der Waals surface area contributed by atoms with Crippen LogP contribution in [0, 0.1) is 0 Å². The first-order valence-corrected chi connectivity index (χ1v) is 11.3. The van der Waals surface area contributed by atoms with E-state index in [4.69, 9.17) is 4.43 Å². The molecule has 0 heterocycles. The highest BCUT2D eigenvalue weighted by Crippen LogP contribution is 2.42. The molecular weight excluding hydrogens is 288 g/mol. The highest BCUT2D eigenvalue weighted by molar-refractivity contribution is 6.77. The summed E-state index contributed by atoms with van der Waals surface area (Å²) in [6, 6.07) is 0. The van der Waals surface area contributed by atoms with E-state index in [1.165, 1.54) is 12.0 Å². The van der Waals surface area contributed by atoms with Crippen molar-refractivity contribution in [2.24, 2.45) is 0 Å². The molecule has 0 radical (unpaired) electrons. The van der Waals surface area contributed by atoms with Gasteiger partial charge in [0.25, 0.3) is 0 Å². The Balaban J connectivity index is 4.21. The van der Waals surface area contributed by atoms with Gasteiger partial charge in [-0.2, -0.15) is 0 Å². The summed E-state index contributed by atoms with van der Waals surface area (Å²) in [5, 5.41) is 10.5. The minimum absolute atomic E-state index is 0.0470. The second-order valence-corrected chi connectivity index (χ2v) is 13.0. The van der Waals surface area contributed by atoms with E-state index < -0.39 is 8.32 Å². The SMILES string of the molecule is C/C(=C\CCCCO[Si](C(C)C)(C(C)C)C(C)C)CCC[O-]. The normalized spacial score (nSPS) is 13.7.